The van der Waals surface area contributed by atoms with Crippen molar-refractivity contribution in [1.29, 1.82) is 0 Å². The van der Waals surface area contributed by atoms with Crippen LogP contribution in [0.4, 0.5) is 5.69 Å². The number of aliphatic hydroxyl groups is 1. The molecule has 0 aromatic heterocycles. The van der Waals surface area contributed by atoms with Gasteiger partial charge in [0, 0.05) is 29.4 Å². The van der Waals surface area contributed by atoms with Crippen LogP contribution in [0.3, 0.4) is 0 Å². The molecule has 0 saturated heterocycles. The molecule has 1 fully saturated rings. The molecule has 0 aliphatic heterocycles. The van der Waals surface area contributed by atoms with Crippen LogP contribution in [0.2, 0.25) is 0 Å². The summed E-state index contributed by atoms with van der Waals surface area (Å²) < 4.78 is 12.0. The lowest BCUT2D eigenvalue weighted by molar-refractivity contribution is -0.00118. The highest BCUT2D eigenvalue weighted by molar-refractivity contribution is 9.10. The van der Waals surface area contributed by atoms with E-state index in [1.54, 1.807) is 7.11 Å². The molecule has 1 aliphatic carbocycles. The van der Waals surface area contributed by atoms with Gasteiger partial charge in [-0.3, -0.25) is 0 Å². The molecular formula is C16H24BrNO3. The van der Waals surface area contributed by atoms with Gasteiger partial charge in [0.1, 0.15) is 0 Å². The number of aliphatic hydroxyl groups excluding tert-OH is 1. The number of rotatable bonds is 8. The normalized spacial score (nSPS) is 17.1. The van der Waals surface area contributed by atoms with Crippen LogP contribution in [-0.4, -0.2) is 37.6 Å². The zero-order valence-corrected chi connectivity index (χ0v) is 14.1. The van der Waals surface area contributed by atoms with Crippen LogP contribution in [-0.2, 0) is 16.1 Å². The van der Waals surface area contributed by atoms with Crippen LogP contribution >= 0.6 is 15.9 Å². The van der Waals surface area contributed by atoms with Crippen LogP contribution in [0.25, 0.3) is 0 Å². The van der Waals surface area contributed by atoms with E-state index < -0.39 is 6.10 Å². The van der Waals surface area contributed by atoms with Gasteiger partial charge in [0.05, 0.1) is 25.4 Å². The third-order valence-electron chi connectivity index (χ3n) is 3.76. The Balaban J connectivity index is 1.80. The third kappa shape index (κ3) is 5.25. The van der Waals surface area contributed by atoms with E-state index in [1.807, 2.05) is 18.2 Å². The summed E-state index contributed by atoms with van der Waals surface area (Å²) in [5.74, 6) is 0. The lowest BCUT2D eigenvalue weighted by atomic mass is 10.2. The van der Waals surface area contributed by atoms with Crippen LogP contribution in [0, 0.1) is 0 Å². The minimum Gasteiger partial charge on any atom is -0.389 e. The third-order valence-corrected chi connectivity index (χ3v) is 4.51. The molecule has 5 heteroatoms. The summed E-state index contributed by atoms with van der Waals surface area (Å²) in [6.45, 7) is 1.39. The van der Waals surface area contributed by atoms with Gasteiger partial charge in [-0.1, -0.05) is 34.8 Å². The summed E-state index contributed by atoms with van der Waals surface area (Å²) >= 11 is 3.52. The van der Waals surface area contributed by atoms with Crippen molar-refractivity contribution in [2.24, 2.45) is 0 Å². The van der Waals surface area contributed by atoms with E-state index in [0.29, 0.717) is 25.9 Å². The zero-order chi connectivity index (χ0) is 15.1. The molecule has 0 bridgehead atoms. The predicted octanol–water partition coefficient (Wildman–Crippen LogP) is 3.33. The SMILES string of the molecule is COCc1c(Br)cccc1NCC(O)COC1CCCC1. The number of methoxy groups -OCH3 is 1. The second-order valence-electron chi connectivity index (χ2n) is 5.47. The van der Waals surface area contributed by atoms with E-state index >= 15 is 0 Å². The van der Waals surface area contributed by atoms with Crippen LogP contribution in [0.5, 0.6) is 0 Å². The van der Waals surface area contributed by atoms with Gasteiger partial charge in [-0.05, 0) is 25.0 Å². The highest BCUT2D eigenvalue weighted by atomic mass is 79.9. The summed E-state index contributed by atoms with van der Waals surface area (Å²) in [6, 6.07) is 5.94. The Morgan fingerprint density at radius 3 is 2.86 bits per heavy atom. The molecule has 0 heterocycles. The van der Waals surface area contributed by atoms with Crippen molar-refractivity contribution in [1.82, 2.24) is 0 Å². The Hall–Kier alpha value is -0.620. The summed E-state index contributed by atoms with van der Waals surface area (Å²) in [4.78, 5) is 0. The van der Waals surface area contributed by atoms with Crippen LogP contribution in [0.15, 0.2) is 22.7 Å². The molecular weight excluding hydrogens is 334 g/mol. The minimum absolute atomic E-state index is 0.342. The first-order valence-corrected chi connectivity index (χ1v) is 8.30. The molecule has 1 atom stereocenters. The van der Waals surface area contributed by atoms with Gasteiger partial charge >= 0.3 is 0 Å². The highest BCUT2D eigenvalue weighted by Gasteiger charge is 2.17. The van der Waals surface area contributed by atoms with Crippen molar-refractivity contribution in [3.8, 4) is 0 Å². The quantitative estimate of drug-likeness (QED) is 0.749. The molecule has 118 valence electrons. The van der Waals surface area contributed by atoms with Gasteiger partial charge in [0.25, 0.3) is 0 Å². The second-order valence-corrected chi connectivity index (χ2v) is 6.33. The van der Waals surface area contributed by atoms with Gasteiger partial charge < -0.3 is 19.9 Å². The van der Waals surface area contributed by atoms with E-state index in [4.69, 9.17) is 9.47 Å². The molecule has 0 radical (unpaired) electrons. The fourth-order valence-electron chi connectivity index (χ4n) is 2.60. The summed E-state index contributed by atoms with van der Waals surface area (Å²) in [7, 11) is 1.67. The highest BCUT2D eigenvalue weighted by Crippen LogP contribution is 2.25. The smallest absolute Gasteiger partial charge is 0.0945 e. The Morgan fingerprint density at radius 1 is 1.38 bits per heavy atom. The van der Waals surface area contributed by atoms with Crippen molar-refractivity contribution in [3.05, 3.63) is 28.2 Å². The first-order valence-electron chi connectivity index (χ1n) is 7.50. The summed E-state index contributed by atoms with van der Waals surface area (Å²) in [6.07, 6.45) is 4.59. The van der Waals surface area contributed by atoms with Crippen molar-refractivity contribution in [2.45, 2.75) is 44.5 Å². The van der Waals surface area contributed by atoms with Gasteiger partial charge in [-0.25, -0.2) is 0 Å². The molecule has 21 heavy (non-hydrogen) atoms. The van der Waals surface area contributed by atoms with Crippen molar-refractivity contribution < 1.29 is 14.6 Å². The molecule has 2 N–H and O–H groups in total. The lowest BCUT2D eigenvalue weighted by Gasteiger charge is -2.18. The van der Waals surface area contributed by atoms with Crippen molar-refractivity contribution >= 4 is 21.6 Å². The maximum Gasteiger partial charge on any atom is 0.0945 e. The first kappa shape index (κ1) is 16.7. The van der Waals surface area contributed by atoms with Gasteiger partial charge in [0.15, 0.2) is 0 Å². The fraction of sp³-hybridized carbons (Fsp3) is 0.625. The Morgan fingerprint density at radius 2 is 2.14 bits per heavy atom. The van der Waals surface area contributed by atoms with Crippen LogP contribution < -0.4 is 5.32 Å². The van der Waals surface area contributed by atoms with Gasteiger partial charge in [-0.2, -0.15) is 0 Å². The van der Waals surface area contributed by atoms with E-state index in [-0.39, 0.29) is 0 Å². The van der Waals surface area contributed by atoms with E-state index in [1.165, 1.54) is 12.8 Å². The predicted molar refractivity (Wildman–Crippen MR) is 87.6 cm³/mol. The molecule has 1 aromatic rings. The number of hydrogen-bond donors (Lipinski definition) is 2. The zero-order valence-electron chi connectivity index (χ0n) is 12.5. The van der Waals surface area contributed by atoms with Crippen molar-refractivity contribution in [3.63, 3.8) is 0 Å². The van der Waals surface area contributed by atoms with E-state index in [2.05, 4.69) is 21.2 Å². The topological polar surface area (TPSA) is 50.7 Å². The van der Waals surface area contributed by atoms with E-state index in [0.717, 1.165) is 28.6 Å². The van der Waals surface area contributed by atoms with Gasteiger partial charge in [0.2, 0.25) is 0 Å². The fourth-order valence-corrected chi connectivity index (χ4v) is 3.08. The number of anilines is 1. The maximum atomic E-state index is 10.0. The molecule has 1 saturated carbocycles. The average Bonchev–Trinajstić information content (AvgIpc) is 2.99. The second kappa shape index (κ2) is 8.73. The Labute approximate surface area is 135 Å². The molecule has 4 nitrogen and oxygen atoms in total. The number of nitrogens with one attached hydrogen (secondary N) is 1. The largest absolute Gasteiger partial charge is 0.389 e. The molecule has 2 rings (SSSR count). The minimum atomic E-state index is -0.500. The molecule has 1 aromatic carbocycles. The number of benzene rings is 1. The standard InChI is InChI=1S/C16H24BrNO3/c1-20-11-14-15(17)7-4-8-16(14)18-9-12(19)10-21-13-5-2-3-6-13/h4,7-8,12-13,18-19H,2-3,5-6,9-11H2,1H3. The summed E-state index contributed by atoms with van der Waals surface area (Å²) in [5.41, 5.74) is 2.04. The lowest BCUT2D eigenvalue weighted by Crippen LogP contribution is -2.27. The monoisotopic (exact) mass is 357 g/mol. The molecule has 1 aliphatic rings. The van der Waals surface area contributed by atoms with Crippen LogP contribution in [0.1, 0.15) is 31.2 Å². The Kier molecular flexibility index (Phi) is 6.96. The first-order chi connectivity index (χ1) is 10.2. The number of halogens is 1. The number of ether oxygens (including phenoxy) is 2. The van der Waals surface area contributed by atoms with Gasteiger partial charge in [-0.15, -0.1) is 0 Å². The summed E-state index contributed by atoms with van der Waals surface area (Å²) in [5, 5.41) is 13.3. The van der Waals surface area contributed by atoms with Crippen molar-refractivity contribution in [2.75, 3.05) is 25.6 Å². The molecule has 1 unspecified atom stereocenters. The average molecular weight is 358 g/mol. The molecule has 0 amide bonds. The Bertz CT molecular complexity index is 436. The number of hydrogen-bond acceptors (Lipinski definition) is 4. The van der Waals surface area contributed by atoms with E-state index in [9.17, 15) is 5.11 Å². The molecule has 0 spiro atoms. The maximum absolute atomic E-state index is 10.0.